The van der Waals surface area contributed by atoms with E-state index in [9.17, 15) is 13.2 Å². The molecule has 1 unspecified atom stereocenters. The van der Waals surface area contributed by atoms with Gasteiger partial charge in [-0.3, -0.25) is 0 Å². The lowest BCUT2D eigenvalue weighted by Gasteiger charge is -2.19. The van der Waals surface area contributed by atoms with Gasteiger partial charge in [-0.1, -0.05) is 54.6 Å². The van der Waals surface area contributed by atoms with E-state index < -0.39 is 21.1 Å². The molecule has 0 fully saturated rings. The van der Waals surface area contributed by atoms with Gasteiger partial charge in [0, 0.05) is 0 Å². The van der Waals surface area contributed by atoms with E-state index in [-0.39, 0.29) is 9.77 Å². The van der Waals surface area contributed by atoms with Gasteiger partial charge in [-0.15, -0.1) is 17.9 Å². The van der Waals surface area contributed by atoms with Crippen molar-refractivity contribution in [1.82, 2.24) is 0 Å². The Morgan fingerprint density at radius 1 is 1.17 bits per heavy atom. The van der Waals surface area contributed by atoms with Gasteiger partial charge < -0.3 is 4.74 Å². The third-order valence-corrected chi connectivity index (χ3v) is 8.92. The zero-order chi connectivity index (χ0) is 21.2. The van der Waals surface area contributed by atoms with Crippen LogP contribution in [0.3, 0.4) is 0 Å². The molecule has 0 saturated carbocycles. The molecule has 0 aliphatic heterocycles. The van der Waals surface area contributed by atoms with Crippen LogP contribution in [0.4, 0.5) is 0 Å². The summed E-state index contributed by atoms with van der Waals surface area (Å²) >= 11 is 4.32. The number of sulfone groups is 1. The minimum absolute atomic E-state index is 0.0531. The molecule has 29 heavy (non-hydrogen) atoms. The first-order valence-electron chi connectivity index (χ1n) is 8.70. The van der Waals surface area contributed by atoms with Crippen LogP contribution in [0.15, 0.2) is 75.9 Å². The topological polar surface area (TPSA) is 60.4 Å². The fraction of sp³-hybridized carbons (Fsp3) is 0.136. The molecule has 1 aromatic heterocycles. The zero-order valence-electron chi connectivity index (χ0n) is 15.9. The highest BCUT2D eigenvalue weighted by molar-refractivity contribution is 9.11. The van der Waals surface area contributed by atoms with E-state index in [1.807, 2.05) is 49.4 Å². The molecule has 3 aromatic rings. The summed E-state index contributed by atoms with van der Waals surface area (Å²) in [6.45, 7) is 5.69. The minimum atomic E-state index is -3.84. The lowest BCUT2D eigenvalue weighted by Crippen LogP contribution is -2.13. The molecule has 0 aliphatic rings. The number of carbonyl (C=O) groups is 1. The molecule has 1 heterocycles. The summed E-state index contributed by atoms with van der Waals surface area (Å²) in [6.07, 6.45) is 1.42. The first kappa shape index (κ1) is 21.5. The average molecular weight is 491 g/mol. The molecule has 0 saturated heterocycles. The first-order chi connectivity index (χ1) is 13.8. The Kier molecular flexibility index (Phi) is 6.41. The molecule has 0 spiro atoms. The molecule has 3 rings (SSSR count). The van der Waals surface area contributed by atoms with Crippen LogP contribution < -0.4 is 0 Å². The van der Waals surface area contributed by atoms with E-state index in [0.29, 0.717) is 9.35 Å². The average Bonchev–Trinajstić information content (AvgIpc) is 3.12. The molecule has 7 heteroatoms. The van der Waals surface area contributed by atoms with Crippen molar-refractivity contribution in [3.8, 4) is 11.1 Å². The van der Waals surface area contributed by atoms with Gasteiger partial charge in [0.2, 0.25) is 0 Å². The second kappa shape index (κ2) is 8.65. The van der Waals surface area contributed by atoms with E-state index in [1.165, 1.54) is 19.3 Å². The van der Waals surface area contributed by atoms with Gasteiger partial charge in [0.05, 0.1) is 15.8 Å². The fourth-order valence-corrected chi connectivity index (χ4v) is 7.38. The largest absolute Gasteiger partial charge is 0.465 e. The number of rotatable bonds is 6. The van der Waals surface area contributed by atoms with Crippen molar-refractivity contribution in [3.63, 3.8) is 0 Å². The molecule has 2 aromatic carbocycles. The number of thiophene rings is 1. The summed E-state index contributed by atoms with van der Waals surface area (Å²) < 4.78 is 32.0. The number of benzene rings is 2. The summed E-state index contributed by atoms with van der Waals surface area (Å²) in [5.74, 6) is -0.574. The fourth-order valence-electron chi connectivity index (χ4n) is 3.20. The lowest BCUT2D eigenvalue weighted by molar-refractivity contribution is 0.0606. The van der Waals surface area contributed by atoms with E-state index in [2.05, 4.69) is 22.5 Å². The van der Waals surface area contributed by atoms with E-state index >= 15 is 0 Å². The first-order valence-corrected chi connectivity index (χ1v) is 11.9. The Labute approximate surface area is 182 Å². The summed E-state index contributed by atoms with van der Waals surface area (Å²) in [7, 11) is -2.58. The summed E-state index contributed by atoms with van der Waals surface area (Å²) in [5.41, 5.74) is 3.49. The van der Waals surface area contributed by atoms with Crippen molar-refractivity contribution < 1.29 is 17.9 Å². The standard InChI is InChI=1S/C22H19BrO4S2/c1-4-19(29(25,26)20-13-18(22(24)27-3)28-21(20)23)17-12-8-11-16(14(17)2)15-9-6-5-7-10-15/h4-13,19H,1H2,2-3H3. The maximum atomic E-state index is 13.5. The minimum Gasteiger partial charge on any atom is -0.465 e. The predicted octanol–water partition coefficient (Wildman–Crippen LogP) is 5.97. The van der Waals surface area contributed by atoms with Crippen molar-refractivity contribution in [3.05, 3.63) is 87.0 Å². The van der Waals surface area contributed by atoms with Crippen LogP contribution in [0, 0.1) is 6.92 Å². The van der Waals surface area contributed by atoms with Gasteiger partial charge in [-0.2, -0.15) is 0 Å². The summed E-state index contributed by atoms with van der Waals surface area (Å²) in [4.78, 5) is 12.1. The molecule has 0 amide bonds. The number of ether oxygens (including phenoxy) is 1. The predicted molar refractivity (Wildman–Crippen MR) is 120 cm³/mol. The number of methoxy groups -OCH3 is 1. The third kappa shape index (κ3) is 4.08. The molecular formula is C22H19BrO4S2. The molecule has 0 bridgehead atoms. The highest BCUT2D eigenvalue weighted by Crippen LogP contribution is 2.40. The van der Waals surface area contributed by atoms with Crippen molar-refractivity contribution in [1.29, 1.82) is 0 Å². The van der Waals surface area contributed by atoms with Gasteiger partial charge in [-0.25, -0.2) is 13.2 Å². The molecule has 0 N–H and O–H groups in total. The van der Waals surface area contributed by atoms with Crippen LogP contribution in [0.1, 0.15) is 26.0 Å². The van der Waals surface area contributed by atoms with Gasteiger partial charge in [0.25, 0.3) is 0 Å². The Morgan fingerprint density at radius 2 is 1.86 bits per heavy atom. The molecular weight excluding hydrogens is 472 g/mol. The van der Waals surface area contributed by atoms with Crippen molar-refractivity contribution in [2.24, 2.45) is 0 Å². The van der Waals surface area contributed by atoms with Crippen LogP contribution >= 0.6 is 27.3 Å². The van der Waals surface area contributed by atoms with Gasteiger partial charge in [-0.05, 0) is 51.2 Å². The Balaban J connectivity index is 2.12. The molecule has 1 atom stereocenters. The third-order valence-electron chi connectivity index (χ3n) is 4.66. The number of hydrogen-bond donors (Lipinski definition) is 0. The Hall–Kier alpha value is -2.22. The summed E-state index contributed by atoms with van der Waals surface area (Å²) in [6, 6.07) is 16.8. The highest BCUT2D eigenvalue weighted by atomic mass is 79.9. The summed E-state index contributed by atoms with van der Waals surface area (Å²) in [5, 5.41) is -0.956. The van der Waals surface area contributed by atoms with E-state index in [0.717, 1.165) is 28.0 Å². The molecule has 150 valence electrons. The zero-order valence-corrected chi connectivity index (χ0v) is 19.1. The SMILES string of the molecule is C=CC(c1cccc(-c2ccccc2)c1C)S(=O)(=O)c1cc(C(=O)OC)sc1Br. The Bertz CT molecular complexity index is 1160. The molecule has 0 radical (unpaired) electrons. The smallest absolute Gasteiger partial charge is 0.348 e. The quantitative estimate of drug-likeness (QED) is 0.315. The molecule has 4 nitrogen and oxygen atoms in total. The molecule has 0 aliphatic carbocycles. The van der Waals surface area contributed by atoms with E-state index in [1.54, 1.807) is 6.07 Å². The van der Waals surface area contributed by atoms with Gasteiger partial charge >= 0.3 is 5.97 Å². The number of carbonyl (C=O) groups excluding carboxylic acids is 1. The van der Waals surface area contributed by atoms with Crippen LogP contribution in [0.25, 0.3) is 11.1 Å². The van der Waals surface area contributed by atoms with Crippen LogP contribution in [-0.4, -0.2) is 21.5 Å². The van der Waals surface area contributed by atoms with Crippen molar-refractivity contribution >= 4 is 43.1 Å². The van der Waals surface area contributed by atoms with Crippen molar-refractivity contribution in [2.45, 2.75) is 17.1 Å². The van der Waals surface area contributed by atoms with Gasteiger partial charge in [0.1, 0.15) is 10.1 Å². The van der Waals surface area contributed by atoms with Crippen LogP contribution in [0.2, 0.25) is 0 Å². The van der Waals surface area contributed by atoms with Crippen molar-refractivity contribution in [2.75, 3.05) is 7.11 Å². The van der Waals surface area contributed by atoms with Crippen LogP contribution in [-0.2, 0) is 14.6 Å². The second-order valence-electron chi connectivity index (χ2n) is 6.33. The van der Waals surface area contributed by atoms with Gasteiger partial charge in [0.15, 0.2) is 9.84 Å². The lowest BCUT2D eigenvalue weighted by atomic mass is 9.95. The number of halogens is 1. The highest BCUT2D eigenvalue weighted by Gasteiger charge is 2.32. The van der Waals surface area contributed by atoms with Crippen LogP contribution in [0.5, 0.6) is 0 Å². The van der Waals surface area contributed by atoms with E-state index in [4.69, 9.17) is 4.74 Å². The maximum Gasteiger partial charge on any atom is 0.348 e. The number of hydrogen-bond acceptors (Lipinski definition) is 5. The second-order valence-corrected chi connectivity index (χ2v) is 10.7. The maximum absolute atomic E-state index is 13.5. The number of esters is 1. The Morgan fingerprint density at radius 3 is 2.48 bits per heavy atom. The normalized spacial score (nSPS) is 12.4. The monoisotopic (exact) mass is 490 g/mol.